The molecule has 0 radical (unpaired) electrons. The third-order valence-electron chi connectivity index (χ3n) is 4.15. The minimum atomic E-state index is -0.202. The second-order valence-electron chi connectivity index (χ2n) is 6.06. The molecule has 6 nitrogen and oxygen atoms in total. The number of rotatable bonds is 5. The molecule has 4 rings (SSSR count). The number of pyridine rings is 1. The SMILES string of the molecule is Cn1cc([C@@H]2C[C@H]2C(=O)Oc2ccc(Oc3ccccn3)cc2)cn1. The third-order valence-corrected chi connectivity index (χ3v) is 4.15. The molecule has 0 N–H and O–H groups in total. The maximum atomic E-state index is 12.3. The molecule has 1 aliphatic rings. The Kier molecular flexibility index (Phi) is 3.93. The first-order valence-electron chi connectivity index (χ1n) is 8.08. The molecule has 1 saturated carbocycles. The van der Waals surface area contributed by atoms with Crippen molar-refractivity contribution >= 4 is 5.97 Å². The van der Waals surface area contributed by atoms with Crippen LogP contribution in [-0.2, 0) is 11.8 Å². The van der Waals surface area contributed by atoms with Crippen LogP contribution in [0.4, 0.5) is 0 Å². The number of carbonyl (C=O) groups is 1. The zero-order valence-electron chi connectivity index (χ0n) is 13.7. The van der Waals surface area contributed by atoms with E-state index in [1.54, 1.807) is 41.2 Å². The normalized spacial score (nSPS) is 18.6. The van der Waals surface area contributed by atoms with E-state index in [0.717, 1.165) is 12.0 Å². The summed E-state index contributed by atoms with van der Waals surface area (Å²) in [5.41, 5.74) is 1.09. The summed E-state index contributed by atoms with van der Waals surface area (Å²) < 4.78 is 12.8. The Bertz CT molecular complexity index is 874. The molecule has 0 saturated heterocycles. The minimum absolute atomic E-state index is 0.0892. The Labute approximate surface area is 145 Å². The lowest BCUT2D eigenvalue weighted by Gasteiger charge is -2.06. The number of benzene rings is 1. The summed E-state index contributed by atoms with van der Waals surface area (Å²) in [4.78, 5) is 16.4. The van der Waals surface area contributed by atoms with Gasteiger partial charge in [0.25, 0.3) is 0 Å². The van der Waals surface area contributed by atoms with Crippen LogP contribution in [0.1, 0.15) is 17.9 Å². The maximum Gasteiger partial charge on any atom is 0.314 e. The predicted molar refractivity (Wildman–Crippen MR) is 90.4 cm³/mol. The number of hydrogen-bond acceptors (Lipinski definition) is 5. The summed E-state index contributed by atoms with van der Waals surface area (Å²) in [6.07, 6.45) is 6.23. The summed E-state index contributed by atoms with van der Waals surface area (Å²) in [6.45, 7) is 0. The van der Waals surface area contributed by atoms with Gasteiger partial charge in [0.05, 0.1) is 12.1 Å². The molecule has 3 aromatic rings. The molecule has 1 fully saturated rings. The highest BCUT2D eigenvalue weighted by Gasteiger charge is 2.46. The highest BCUT2D eigenvalue weighted by Crippen LogP contribution is 2.48. The fraction of sp³-hybridized carbons (Fsp3) is 0.211. The van der Waals surface area contributed by atoms with E-state index in [0.29, 0.717) is 17.4 Å². The molecule has 1 aliphatic carbocycles. The van der Waals surface area contributed by atoms with Gasteiger partial charge in [-0.1, -0.05) is 6.07 Å². The topological polar surface area (TPSA) is 66.2 Å². The van der Waals surface area contributed by atoms with E-state index in [1.165, 1.54) is 0 Å². The molecule has 6 heteroatoms. The van der Waals surface area contributed by atoms with Crippen LogP contribution in [0.25, 0.3) is 0 Å². The number of carbonyl (C=O) groups excluding carboxylic acids is 1. The molecule has 0 unspecified atom stereocenters. The van der Waals surface area contributed by atoms with Crippen LogP contribution in [0.5, 0.6) is 17.4 Å². The van der Waals surface area contributed by atoms with Gasteiger partial charge in [-0.15, -0.1) is 0 Å². The highest BCUT2D eigenvalue weighted by molar-refractivity contribution is 5.79. The van der Waals surface area contributed by atoms with E-state index in [9.17, 15) is 4.79 Å². The van der Waals surface area contributed by atoms with Crippen LogP contribution in [0.2, 0.25) is 0 Å². The Balaban J connectivity index is 1.34. The molecule has 0 aliphatic heterocycles. The van der Waals surface area contributed by atoms with Gasteiger partial charge in [-0.2, -0.15) is 5.10 Å². The lowest BCUT2D eigenvalue weighted by molar-refractivity contribution is -0.135. The Hall–Kier alpha value is -3.15. The van der Waals surface area contributed by atoms with Crippen molar-refractivity contribution < 1.29 is 14.3 Å². The van der Waals surface area contributed by atoms with Crippen LogP contribution < -0.4 is 9.47 Å². The van der Waals surface area contributed by atoms with Gasteiger partial charge in [-0.3, -0.25) is 9.48 Å². The van der Waals surface area contributed by atoms with Gasteiger partial charge in [0.1, 0.15) is 11.5 Å². The van der Waals surface area contributed by atoms with E-state index in [4.69, 9.17) is 9.47 Å². The van der Waals surface area contributed by atoms with E-state index in [1.807, 2.05) is 31.6 Å². The molecule has 0 amide bonds. The molecule has 1 aromatic carbocycles. The van der Waals surface area contributed by atoms with Crippen molar-refractivity contribution in [1.82, 2.24) is 14.8 Å². The first-order chi connectivity index (χ1) is 12.2. The average molecular weight is 335 g/mol. The fourth-order valence-corrected chi connectivity index (χ4v) is 2.75. The summed E-state index contributed by atoms with van der Waals surface area (Å²) in [5, 5.41) is 4.15. The summed E-state index contributed by atoms with van der Waals surface area (Å²) in [7, 11) is 1.87. The molecule has 0 spiro atoms. The van der Waals surface area contributed by atoms with Crippen LogP contribution in [-0.4, -0.2) is 20.7 Å². The first kappa shape index (κ1) is 15.4. The number of esters is 1. The first-order valence-corrected chi connectivity index (χ1v) is 8.08. The van der Waals surface area contributed by atoms with Gasteiger partial charge in [-0.25, -0.2) is 4.98 Å². The van der Waals surface area contributed by atoms with E-state index < -0.39 is 0 Å². The van der Waals surface area contributed by atoms with E-state index in [-0.39, 0.29) is 17.8 Å². The van der Waals surface area contributed by atoms with Crippen molar-refractivity contribution in [2.75, 3.05) is 0 Å². The second kappa shape index (κ2) is 6.39. The van der Waals surface area contributed by atoms with Crippen molar-refractivity contribution in [2.24, 2.45) is 13.0 Å². The molecule has 2 heterocycles. The average Bonchev–Trinajstić information content (AvgIpc) is 3.32. The minimum Gasteiger partial charge on any atom is -0.439 e. The smallest absolute Gasteiger partial charge is 0.314 e. The third kappa shape index (κ3) is 3.52. The standard InChI is InChI=1S/C19H17N3O3/c1-22-12-13(11-21-22)16-10-17(16)19(23)25-15-7-5-14(6-8-15)24-18-4-2-3-9-20-18/h2-9,11-12,16-17H,10H2,1H3/t16-,17+/m0/s1. The number of nitrogens with zero attached hydrogens (tertiary/aromatic N) is 3. The number of ether oxygens (including phenoxy) is 2. The highest BCUT2D eigenvalue weighted by atomic mass is 16.5. The van der Waals surface area contributed by atoms with Gasteiger partial charge in [0.2, 0.25) is 5.88 Å². The summed E-state index contributed by atoms with van der Waals surface area (Å²) in [5.74, 6) is 1.59. The molecule has 25 heavy (non-hydrogen) atoms. The van der Waals surface area contributed by atoms with Gasteiger partial charge >= 0.3 is 5.97 Å². The van der Waals surface area contributed by atoms with Crippen LogP contribution >= 0.6 is 0 Å². The van der Waals surface area contributed by atoms with Crippen LogP contribution in [0, 0.1) is 5.92 Å². The van der Waals surface area contributed by atoms with Crippen molar-refractivity contribution in [3.63, 3.8) is 0 Å². The van der Waals surface area contributed by atoms with Gasteiger partial charge in [0.15, 0.2) is 0 Å². The van der Waals surface area contributed by atoms with Crippen molar-refractivity contribution in [3.8, 4) is 17.4 Å². The van der Waals surface area contributed by atoms with Gasteiger partial charge in [0, 0.05) is 31.4 Å². The predicted octanol–water partition coefficient (Wildman–Crippen LogP) is 3.32. The molecular formula is C19H17N3O3. The van der Waals surface area contributed by atoms with Crippen LogP contribution in [0.3, 0.4) is 0 Å². The fourth-order valence-electron chi connectivity index (χ4n) is 2.75. The zero-order valence-corrected chi connectivity index (χ0v) is 13.7. The summed E-state index contributed by atoms with van der Waals surface area (Å²) >= 11 is 0. The Morgan fingerprint density at radius 1 is 1.16 bits per heavy atom. The van der Waals surface area contributed by atoms with E-state index >= 15 is 0 Å². The monoisotopic (exact) mass is 335 g/mol. The molecule has 0 bridgehead atoms. The quantitative estimate of drug-likeness (QED) is 0.528. The Morgan fingerprint density at radius 2 is 1.96 bits per heavy atom. The van der Waals surface area contributed by atoms with Crippen molar-refractivity contribution in [1.29, 1.82) is 0 Å². The molecule has 126 valence electrons. The number of aromatic nitrogens is 3. The molecule has 2 atom stereocenters. The second-order valence-corrected chi connectivity index (χ2v) is 6.06. The molecular weight excluding hydrogens is 318 g/mol. The van der Waals surface area contributed by atoms with E-state index in [2.05, 4.69) is 10.1 Å². The summed E-state index contributed by atoms with van der Waals surface area (Å²) in [6, 6.07) is 12.4. The zero-order chi connectivity index (χ0) is 17.2. The van der Waals surface area contributed by atoms with Gasteiger partial charge < -0.3 is 9.47 Å². The number of aryl methyl sites for hydroxylation is 1. The molecule has 2 aromatic heterocycles. The van der Waals surface area contributed by atoms with Gasteiger partial charge in [-0.05, 0) is 42.3 Å². The lowest BCUT2D eigenvalue weighted by atomic mass is 10.2. The number of hydrogen-bond donors (Lipinski definition) is 0. The lowest BCUT2D eigenvalue weighted by Crippen LogP contribution is -2.11. The van der Waals surface area contributed by atoms with Crippen LogP contribution in [0.15, 0.2) is 61.1 Å². The maximum absolute atomic E-state index is 12.3. The largest absolute Gasteiger partial charge is 0.439 e. The van der Waals surface area contributed by atoms with Crippen molar-refractivity contribution in [3.05, 3.63) is 66.6 Å². The van der Waals surface area contributed by atoms with Crippen molar-refractivity contribution in [2.45, 2.75) is 12.3 Å². The Morgan fingerprint density at radius 3 is 2.64 bits per heavy atom.